The molecule has 10 nitrogen and oxygen atoms in total. The first-order valence-corrected chi connectivity index (χ1v) is 23.5. The van der Waals surface area contributed by atoms with E-state index in [1.54, 1.807) is 0 Å². The van der Waals surface area contributed by atoms with Crippen molar-refractivity contribution in [1.29, 1.82) is 0 Å². The zero-order valence-corrected chi connectivity index (χ0v) is 41.8. The van der Waals surface area contributed by atoms with E-state index >= 15 is 0 Å². The highest BCUT2D eigenvalue weighted by Crippen LogP contribution is 2.43. The normalized spacial score (nSPS) is 16.1. The minimum absolute atomic E-state index is 0.0346. The number of aryl methyl sites for hydroxylation is 1. The molecule has 354 valence electrons. The number of carbonyl (C=O) groups excluding carboxylic acids is 3. The molecule has 2 aromatic rings. The van der Waals surface area contributed by atoms with E-state index in [1.165, 1.54) is 0 Å². The number of hydrogen-bond acceptors (Lipinski definition) is 10. The molecule has 1 heterocycles. The lowest BCUT2D eigenvalue weighted by Gasteiger charge is -2.34. The van der Waals surface area contributed by atoms with E-state index in [0.29, 0.717) is 31.4 Å². The fraction of sp³-hybridized carbons (Fsp3) is 0.698. The first-order valence-electron chi connectivity index (χ1n) is 23.5. The van der Waals surface area contributed by atoms with Crippen molar-refractivity contribution in [2.45, 2.75) is 208 Å². The Hall–Kier alpha value is -4.08. The molecule has 0 bridgehead atoms. The lowest BCUT2D eigenvalue weighted by molar-refractivity contribution is -0.151. The molecule has 2 aromatic carbocycles. The molecule has 0 spiro atoms. The van der Waals surface area contributed by atoms with E-state index < -0.39 is 21.8 Å². The highest BCUT2D eigenvalue weighted by atomic mass is 16.6. The van der Waals surface area contributed by atoms with E-state index in [2.05, 4.69) is 96.9 Å². The number of carbonyl (C=O) groups is 3. The Morgan fingerprint density at radius 2 is 1.00 bits per heavy atom. The second-order valence-electron chi connectivity index (χ2n) is 22.2. The molecule has 0 saturated carbocycles. The Morgan fingerprint density at radius 3 is 1.38 bits per heavy atom. The van der Waals surface area contributed by atoms with Gasteiger partial charge in [-0.1, -0.05) is 154 Å². The van der Waals surface area contributed by atoms with Crippen LogP contribution in [0.1, 0.15) is 201 Å². The molecule has 10 heteroatoms. The molecule has 2 N–H and O–H groups in total. The Morgan fingerprint density at radius 1 is 0.603 bits per heavy atom. The van der Waals surface area contributed by atoms with Gasteiger partial charge in [0.1, 0.15) is 48.9 Å². The van der Waals surface area contributed by atoms with Crippen molar-refractivity contribution in [3.63, 3.8) is 0 Å². The molecular formula is C53H83NO9. The zero-order chi connectivity index (χ0) is 47.6. The number of benzene rings is 2. The molecule has 1 unspecified atom stereocenters. The summed E-state index contributed by atoms with van der Waals surface area (Å²) < 4.78 is 24.7. The molecule has 0 radical (unpaired) electrons. The molecule has 0 aliphatic carbocycles. The average Bonchev–Trinajstić information content (AvgIpc) is 3.62. The van der Waals surface area contributed by atoms with Gasteiger partial charge in [0.15, 0.2) is 5.90 Å². The number of hydrogen-bond donors (Lipinski definition) is 2. The van der Waals surface area contributed by atoms with Gasteiger partial charge in [0.05, 0.1) is 0 Å². The number of unbranched alkanes of at least 4 members (excludes halogenated alkanes) is 4. The molecule has 1 aliphatic rings. The molecule has 1 aliphatic heterocycles. The van der Waals surface area contributed by atoms with Crippen LogP contribution in [0.5, 0.6) is 11.5 Å². The number of rotatable bonds is 21. The van der Waals surface area contributed by atoms with Gasteiger partial charge in [0.25, 0.3) is 0 Å². The molecule has 0 amide bonds. The van der Waals surface area contributed by atoms with Crippen LogP contribution in [0.15, 0.2) is 29.3 Å². The fourth-order valence-electron chi connectivity index (χ4n) is 7.92. The number of ether oxygens (including phenoxy) is 4. The van der Waals surface area contributed by atoms with Crippen LogP contribution in [0.4, 0.5) is 0 Å². The summed E-state index contributed by atoms with van der Waals surface area (Å²) in [5.74, 6) is -0.277. The van der Waals surface area contributed by atoms with Crippen molar-refractivity contribution in [2.75, 3.05) is 26.4 Å². The maximum atomic E-state index is 13.5. The van der Waals surface area contributed by atoms with Crippen LogP contribution in [-0.4, -0.2) is 66.0 Å². The Bertz CT molecular complexity index is 1800. The van der Waals surface area contributed by atoms with Crippen molar-refractivity contribution >= 4 is 23.8 Å². The van der Waals surface area contributed by atoms with Gasteiger partial charge in [-0.15, -0.1) is 0 Å². The van der Waals surface area contributed by atoms with Crippen molar-refractivity contribution in [2.24, 2.45) is 10.4 Å². The third-order valence-electron chi connectivity index (χ3n) is 12.1. The fourth-order valence-corrected chi connectivity index (χ4v) is 7.92. The molecule has 0 aromatic heterocycles. The average molecular weight is 878 g/mol. The summed E-state index contributed by atoms with van der Waals surface area (Å²) in [5, 5.41) is 22.8. The van der Waals surface area contributed by atoms with Crippen LogP contribution in [0.2, 0.25) is 0 Å². The van der Waals surface area contributed by atoms with Crippen LogP contribution >= 0.6 is 0 Å². The Kier molecular flexibility index (Phi) is 18.4. The lowest BCUT2D eigenvalue weighted by atomic mass is 9.75. The molecule has 0 saturated heterocycles. The van der Waals surface area contributed by atoms with Gasteiger partial charge >= 0.3 is 17.9 Å². The second-order valence-corrected chi connectivity index (χ2v) is 22.2. The minimum atomic E-state index is -1.24. The van der Waals surface area contributed by atoms with Gasteiger partial charge in [-0.2, -0.15) is 0 Å². The number of esters is 3. The summed E-state index contributed by atoms with van der Waals surface area (Å²) in [6.45, 7) is 30.6. The van der Waals surface area contributed by atoms with Crippen LogP contribution in [-0.2, 0) is 67.8 Å². The number of aliphatic imine (C=N–C) groups is 1. The first kappa shape index (κ1) is 53.3. The van der Waals surface area contributed by atoms with Crippen molar-refractivity contribution < 1.29 is 43.5 Å². The predicted octanol–water partition coefficient (Wildman–Crippen LogP) is 11.8. The maximum Gasteiger partial charge on any atom is 0.306 e. The van der Waals surface area contributed by atoms with Gasteiger partial charge in [0.2, 0.25) is 0 Å². The Balaban J connectivity index is 2.08. The maximum absolute atomic E-state index is 13.5. The van der Waals surface area contributed by atoms with Gasteiger partial charge in [-0.25, -0.2) is 4.99 Å². The SMILES string of the molecule is CCCCCC(=O)OCC(COC(=O)CCCCC)(Cc1cc(C(C)(C)C)c(O)c(C(C)(C)C)c1)C1=NC(CC)(COC(=O)CCc2cc(C(C)(C)C)c(O)c(C(C)(C)C)c2)CO1. The smallest absolute Gasteiger partial charge is 0.306 e. The van der Waals surface area contributed by atoms with Crippen LogP contribution < -0.4 is 0 Å². The van der Waals surface area contributed by atoms with E-state index in [1.807, 2.05) is 31.2 Å². The number of nitrogens with zero attached hydrogens (tertiary/aromatic N) is 1. The van der Waals surface area contributed by atoms with E-state index in [-0.39, 0.29) is 92.5 Å². The standard InChI is InChI=1S/C53H83NO9/c1-16-19-21-23-42(55)60-32-52(33-61-43(56)24-22-20-17-2,31-37-29-40(50(10,11)12)46(59)41(30-37)51(13,14)15)47-54-53(18-3,35-63-47)34-62-44(57)26-25-36-27-38(48(4,5)6)45(58)39(28-36)49(7,8)9/h27-30,58-59H,16-26,31-35H2,1-15H3. The monoisotopic (exact) mass is 878 g/mol. The molecule has 3 rings (SSSR count). The van der Waals surface area contributed by atoms with Crippen molar-refractivity contribution in [3.05, 3.63) is 57.6 Å². The summed E-state index contributed by atoms with van der Waals surface area (Å²) in [7, 11) is 0. The predicted molar refractivity (Wildman–Crippen MR) is 253 cm³/mol. The molecule has 63 heavy (non-hydrogen) atoms. The minimum Gasteiger partial charge on any atom is -0.507 e. The largest absolute Gasteiger partial charge is 0.507 e. The summed E-state index contributed by atoms with van der Waals surface area (Å²) >= 11 is 0. The van der Waals surface area contributed by atoms with Crippen molar-refractivity contribution in [1.82, 2.24) is 0 Å². The Labute approximate surface area is 380 Å². The quantitative estimate of drug-likeness (QED) is 0.0712. The van der Waals surface area contributed by atoms with Crippen LogP contribution in [0, 0.1) is 5.41 Å². The summed E-state index contributed by atoms with van der Waals surface area (Å²) in [6, 6.07) is 7.95. The molecule has 0 fully saturated rings. The lowest BCUT2D eigenvalue weighted by Crippen LogP contribution is -2.44. The highest BCUT2D eigenvalue weighted by Gasteiger charge is 2.48. The highest BCUT2D eigenvalue weighted by molar-refractivity contribution is 5.86. The topological polar surface area (TPSA) is 141 Å². The third-order valence-corrected chi connectivity index (χ3v) is 12.1. The molecule has 1 atom stereocenters. The van der Waals surface area contributed by atoms with Crippen molar-refractivity contribution in [3.8, 4) is 11.5 Å². The van der Waals surface area contributed by atoms with Gasteiger partial charge < -0.3 is 29.2 Å². The van der Waals surface area contributed by atoms with Gasteiger partial charge in [0, 0.05) is 19.3 Å². The van der Waals surface area contributed by atoms with Gasteiger partial charge in [-0.3, -0.25) is 14.4 Å². The van der Waals surface area contributed by atoms with Gasteiger partial charge in [-0.05, 0) is 87.1 Å². The van der Waals surface area contributed by atoms with Crippen LogP contribution in [0.25, 0.3) is 0 Å². The van der Waals surface area contributed by atoms with Crippen LogP contribution in [0.3, 0.4) is 0 Å². The first-order chi connectivity index (χ1) is 29.1. The van der Waals surface area contributed by atoms with E-state index in [0.717, 1.165) is 59.1 Å². The number of phenols is 2. The summed E-state index contributed by atoms with van der Waals surface area (Å²) in [4.78, 5) is 45.4. The second kappa shape index (κ2) is 21.7. The number of phenolic OH excluding ortho intramolecular Hbond substituents is 2. The third kappa shape index (κ3) is 15.0. The van der Waals surface area contributed by atoms with E-state index in [4.69, 9.17) is 23.9 Å². The summed E-state index contributed by atoms with van der Waals surface area (Å²) in [5.41, 5.74) is 1.43. The number of aromatic hydroxyl groups is 2. The summed E-state index contributed by atoms with van der Waals surface area (Å²) in [6.07, 6.45) is 6.88. The molecular weight excluding hydrogens is 795 g/mol. The zero-order valence-electron chi connectivity index (χ0n) is 41.8. The van der Waals surface area contributed by atoms with E-state index in [9.17, 15) is 24.6 Å².